The quantitative estimate of drug-likeness (QED) is 0.837. The third kappa shape index (κ3) is 2.99. The van der Waals surface area contributed by atoms with Crippen LogP contribution in [0.25, 0.3) is 11.0 Å². The normalized spacial score (nSPS) is 14.7. The number of aryl methyl sites for hydroxylation is 1. The van der Waals surface area contributed by atoms with Crippen molar-refractivity contribution in [2.75, 3.05) is 6.54 Å². The molecule has 2 N–H and O–H groups in total. The highest BCUT2D eigenvalue weighted by molar-refractivity contribution is 5.82. The molecule has 0 bridgehead atoms. The Balaban J connectivity index is 2.23. The van der Waals surface area contributed by atoms with E-state index in [1.807, 2.05) is 25.1 Å². The largest absolute Gasteiger partial charge is 0.459 e. The van der Waals surface area contributed by atoms with Gasteiger partial charge in [0, 0.05) is 17.5 Å². The molecule has 2 atom stereocenters. The van der Waals surface area contributed by atoms with Gasteiger partial charge in [0.2, 0.25) is 0 Å². The first-order valence-electron chi connectivity index (χ1n) is 7.09. The highest BCUT2D eigenvalue weighted by Gasteiger charge is 2.18. The fraction of sp³-hybridized carbons (Fsp3) is 0.500. The van der Waals surface area contributed by atoms with Gasteiger partial charge in [-0.05, 0) is 25.8 Å². The van der Waals surface area contributed by atoms with Crippen LogP contribution in [0, 0.1) is 0 Å². The van der Waals surface area contributed by atoms with Crippen LogP contribution in [0.1, 0.15) is 44.6 Å². The van der Waals surface area contributed by atoms with Gasteiger partial charge in [0.25, 0.3) is 0 Å². The molecule has 2 rings (SSSR count). The first-order valence-corrected chi connectivity index (χ1v) is 7.09. The second-order valence-electron chi connectivity index (χ2n) is 4.99. The van der Waals surface area contributed by atoms with Crippen LogP contribution in [0.4, 0.5) is 0 Å². The number of para-hydroxylation sites is 1. The molecule has 0 spiro atoms. The summed E-state index contributed by atoms with van der Waals surface area (Å²) < 4.78 is 5.97. The summed E-state index contributed by atoms with van der Waals surface area (Å²) in [7, 11) is 0. The van der Waals surface area contributed by atoms with Gasteiger partial charge in [0.05, 0.1) is 12.1 Å². The maximum absolute atomic E-state index is 9.63. The molecule has 0 aliphatic carbocycles. The van der Waals surface area contributed by atoms with E-state index in [0.717, 1.165) is 24.2 Å². The Bertz CT molecular complexity index is 533. The summed E-state index contributed by atoms with van der Waals surface area (Å²) in [5.41, 5.74) is 2.21. The van der Waals surface area contributed by atoms with Gasteiger partial charge in [0.15, 0.2) is 0 Å². The first-order chi connectivity index (χ1) is 9.17. The van der Waals surface area contributed by atoms with Crippen molar-refractivity contribution in [3.63, 3.8) is 0 Å². The molecular weight excluding hydrogens is 238 g/mol. The van der Waals surface area contributed by atoms with Crippen LogP contribution in [-0.2, 0) is 6.42 Å². The van der Waals surface area contributed by atoms with Crippen LogP contribution in [-0.4, -0.2) is 17.8 Å². The standard InChI is InChI=1S/C16H23NO2/c1-4-12(18)10-17-11(3)16-13(5-2)14-8-6-7-9-15(14)19-16/h6-9,11-12,17-18H,4-5,10H2,1-3H3. The Morgan fingerprint density at radius 2 is 2.00 bits per heavy atom. The number of furan rings is 1. The lowest BCUT2D eigenvalue weighted by Crippen LogP contribution is -2.28. The maximum atomic E-state index is 9.63. The number of fused-ring (bicyclic) bond motifs is 1. The van der Waals surface area contributed by atoms with E-state index in [4.69, 9.17) is 4.42 Å². The van der Waals surface area contributed by atoms with E-state index in [-0.39, 0.29) is 12.1 Å². The molecule has 0 amide bonds. The minimum Gasteiger partial charge on any atom is -0.459 e. The molecule has 0 saturated carbocycles. The first kappa shape index (κ1) is 14.1. The van der Waals surface area contributed by atoms with E-state index in [2.05, 4.69) is 25.2 Å². The molecule has 2 unspecified atom stereocenters. The van der Waals surface area contributed by atoms with Gasteiger partial charge in [0.1, 0.15) is 11.3 Å². The van der Waals surface area contributed by atoms with E-state index >= 15 is 0 Å². The Morgan fingerprint density at radius 3 is 2.68 bits per heavy atom. The molecule has 1 aromatic carbocycles. The summed E-state index contributed by atoms with van der Waals surface area (Å²) in [5.74, 6) is 0.993. The lowest BCUT2D eigenvalue weighted by molar-refractivity contribution is 0.162. The third-order valence-electron chi connectivity index (χ3n) is 3.61. The zero-order chi connectivity index (χ0) is 13.8. The zero-order valence-corrected chi connectivity index (χ0v) is 11.9. The van der Waals surface area contributed by atoms with E-state index in [9.17, 15) is 5.11 Å². The SMILES string of the molecule is CCc1c(C(C)NCC(O)CC)oc2ccccc12. The topological polar surface area (TPSA) is 45.4 Å². The van der Waals surface area contributed by atoms with Gasteiger partial charge in [-0.2, -0.15) is 0 Å². The van der Waals surface area contributed by atoms with Gasteiger partial charge < -0.3 is 14.8 Å². The Morgan fingerprint density at radius 1 is 1.26 bits per heavy atom. The van der Waals surface area contributed by atoms with E-state index in [1.54, 1.807) is 0 Å². The summed E-state index contributed by atoms with van der Waals surface area (Å²) >= 11 is 0. The van der Waals surface area contributed by atoms with E-state index < -0.39 is 0 Å². The predicted molar refractivity (Wildman–Crippen MR) is 78.3 cm³/mol. The molecule has 2 aromatic rings. The fourth-order valence-corrected chi connectivity index (χ4v) is 2.38. The van der Waals surface area contributed by atoms with Gasteiger partial charge in [-0.15, -0.1) is 0 Å². The smallest absolute Gasteiger partial charge is 0.134 e. The number of aliphatic hydroxyl groups excluding tert-OH is 1. The molecule has 0 saturated heterocycles. The van der Waals surface area contributed by atoms with Crippen LogP contribution < -0.4 is 5.32 Å². The third-order valence-corrected chi connectivity index (χ3v) is 3.61. The average Bonchev–Trinajstić information content (AvgIpc) is 2.82. The monoisotopic (exact) mass is 261 g/mol. The van der Waals surface area contributed by atoms with Crippen molar-refractivity contribution >= 4 is 11.0 Å². The number of aliphatic hydroxyl groups is 1. The summed E-state index contributed by atoms with van der Waals surface area (Å²) in [6.45, 7) is 6.81. The van der Waals surface area contributed by atoms with Gasteiger partial charge in [-0.25, -0.2) is 0 Å². The fourth-order valence-electron chi connectivity index (χ4n) is 2.38. The van der Waals surface area contributed by atoms with E-state index in [1.165, 1.54) is 10.9 Å². The number of rotatable bonds is 6. The second kappa shape index (κ2) is 6.22. The van der Waals surface area contributed by atoms with Crippen molar-refractivity contribution in [2.24, 2.45) is 0 Å². The van der Waals surface area contributed by atoms with E-state index in [0.29, 0.717) is 6.54 Å². The van der Waals surface area contributed by atoms with Crippen molar-refractivity contribution in [1.82, 2.24) is 5.32 Å². The summed E-state index contributed by atoms with van der Waals surface area (Å²) in [6, 6.07) is 8.26. The number of benzene rings is 1. The molecule has 104 valence electrons. The summed E-state index contributed by atoms with van der Waals surface area (Å²) in [6.07, 6.45) is 1.42. The van der Waals surface area contributed by atoms with Crippen LogP contribution in [0.2, 0.25) is 0 Å². The second-order valence-corrected chi connectivity index (χ2v) is 4.99. The van der Waals surface area contributed by atoms with Gasteiger partial charge in [-0.3, -0.25) is 0 Å². The molecule has 19 heavy (non-hydrogen) atoms. The molecule has 3 nitrogen and oxygen atoms in total. The van der Waals surface area contributed by atoms with Crippen molar-refractivity contribution in [3.8, 4) is 0 Å². The molecular formula is C16H23NO2. The summed E-state index contributed by atoms with van der Waals surface area (Å²) in [5, 5.41) is 14.2. The average molecular weight is 261 g/mol. The zero-order valence-electron chi connectivity index (χ0n) is 11.9. The lowest BCUT2D eigenvalue weighted by atomic mass is 10.0. The van der Waals surface area contributed by atoms with Crippen LogP contribution >= 0.6 is 0 Å². The molecule has 0 fully saturated rings. The van der Waals surface area contributed by atoms with Crippen LogP contribution in [0.15, 0.2) is 28.7 Å². The molecule has 1 heterocycles. The molecule has 0 aliphatic rings. The van der Waals surface area contributed by atoms with Crippen molar-refractivity contribution in [1.29, 1.82) is 0 Å². The summed E-state index contributed by atoms with van der Waals surface area (Å²) in [4.78, 5) is 0. The molecule has 3 heteroatoms. The number of nitrogens with one attached hydrogen (secondary N) is 1. The van der Waals surface area contributed by atoms with Gasteiger partial charge in [-0.1, -0.05) is 32.0 Å². The molecule has 1 aromatic heterocycles. The minimum atomic E-state index is -0.295. The minimum absolute atomic E-state index is 0.114. The molecule has 0 radical (unpaired) electrons. The predicted octanol–water partition coefficient (Wildman–Crippen LogP) is 3.42. The van der Waals surface area contributed by atoms with Crippen molar-refractivity contribution < 1.29 is 9.52 Å². The Kier molecular flexibility index (Phi) is 4.61. The highest BCUT2D eigenvalue weighted by atomic mass is 16.3. The van der Waals surface area contributed by atoms with Gasteiger partial charge >= 0.3 is 0 Å². The Labute approximate surface area is 114 Å². The number of hydrogen-bond donors (Lipinski definition) is 2. The number of hydrogen-bond acceptors (Lipinski definition) is 3. The van der Waals surface area contributed by atoms with Crippen LogP contribution in [0.5, 0.6) is 0 Å². The Hall–Kier alpha value is -1.32. The van der Waals surface area contributed by atoms with Crippen molar-refractivity contribution in [3.05, 3.63) is 35.6 Å². The molecule has 0 aliphatic heterocycles. The maximum Gasteiger partial charge on any atom is 0.134 e. The lowest BCUT2D eigenvalue weighted by Gasteiger charge is -2.15. The van der Waals surface area contributed by atoms with Crippen LogP contribution in [0.3, 0.4) is 0 Å². The van der Waals surface area contributed by atoms with Crippen molar-refractivity contribution in [2.45, 2.75) is 45.8 Å². The highest BCUT2D eigenvalue weighted by Crippen LogP contribution is 2.30.